The molecule has 0 nitrogen and oxygen atoms in total. The highest BCUT2D eigenvalue weighted by Crippen LogP contribution is 2.30. The number of hydrogen-bond donors (Lipinski definition) is 0. The van der Waals surface area contributed by atoms with Crippen molar-refractivity contribution in [1.29, 1.82) is 0 Å². The molecule has 96 valence electrons. The monoisotopic (exact) mass is 282 g/mol. The van der Waals surface area contributed by atoms with Crippen LogP contribution in [0.3, 0.4) is 0 Å². The Hall–Kier alpha value is -0.350. The van der Waals surface area contributed by atoms with Gasteiger partial charge in [0.2, 0.25) is 0 Å². The average Bonchev–Trinajstić information content (AvgIpc) is 2.26. The first-order valence-corrected chi connectivity index (χ1v) is 6.85. The highest BCUT2D eigenvalue weighted by molar-refractivity contribution is 7.99. The molecule has 0 saturated heterocycles. The van der Waals surface area contributed by atoms with Crippen molar-refractivity contribution in [3.63, 3.8) is 0 Å². The zero-order valence-electron chi connectivity index (χ0n) is 9.43. The average molecular weight is 283 g/mol. The molecule has 0 aliphatic carbocycles. The second-order valence-electron chi connectivity index (χ2n) is 3.80. The van der Waals surface area contributed by atoms with Gasteiger partial charge in [-0.3, -0.25) is 0 Å². The fraction of sp³-hybridized carbons (Fsp3) is 0.500. The number of thioether (sulfide) groups is 1. The van der Waals surface area contributed by atoms with E-state index >= 15 is 0 Å². The third kappa shape index (κ3) is 5.21. The van der Waals surface area contributed by atoms with Crippen LogP contribution in [0, 0.1) is 0 Å². The van der Waals surface area contributed by atoms with Gasteiger partial charge in [-0.1, -0.05) is 25.1 Å². The molecule has 17 heavy (non-hydrogen) atoms. The van der Waals surface area contributed by atoms with Crippen molar-refractivity contribution in [2.75, 3.05) is 5.88 Å². The number of halogens is 4. The Kier molecular flexibility index (Phi) is 5.67. The van der Waals surface area contributed by atoms with Crippen LogP contribution in [-0.4, -0.2) is 11.1 Å². The van der Waals surface area contributed by atoms with E-state index < -0.39 is 11.7 Å². The van der Waals surface area contributed by atoms with Crippen molar-refractivity contribution < 1.29 is 13.2 Å². The van der Waals surface area contributed by atoms with E-state index in [1.165, 1.54) is 12.1 Å². The summed E-state index contributed by atoms with van der Waals surface area (Å²) in [5, 5.41) is 0.363. The van der Waals surface area contributed by atoms with Crippen LogP contribution in [0.5, 0.6) is 0 Å². The molecule has 0 N–H and O–H groups in total. The first-order valence-electron chi connectivity index (χ1n) is 5.27. The summed E-state index contributed by atoms with van der Waals surface area (Å²) in [4.78, 5) is 0. The van der Waals surface area contributed by atoms with Gasteiger partial charge in [0.15, 0.2) is 0 Å². The van der Waals surface area contributed by atoms with Gasteiger partial charge in [0.1, 0.15) is 0 Å². The molecule has 1 aromatic carbocycles. The SMILES string of the molecule is CC(CCCl)SCc1cccc(C(F)(F)F)c1. The van der Waals surface area contributed by atoms with E-state index in [1.807, 2.05) is 6.92 Å². The largest absolute Gasteiger partial charge is 0.416 e. The molecule has 5 heteroatoms. The maximum atomic E-state index is 12.5. The molecule has 1 atom stereocenters. The maximum absolute atomic E-state index is 12.5. The Morgan fingerprint density at radius 2 is 2.06 bits per heavy atom. The van der Waals surface area contributed by atoms with Crippen LogP contribution in [-0.2, 0) is 11.9 Å². The fourth-order valence-corrected chi connectivity index (χ4v) is 2.71. The van der Waals surface area contributed by atoms with E-state index in [0.717, 1.165) is 12.5 Å². The summed E-state index contributed by atoms with van der Waals surface area (Å²) in [7, 11) is 0. The second kappa shape index (κ2) is 6.55. The van der Waals surface area contributed by atoms with E-state index in [-0.39, 0.29) is 0 Å². The summed E-state index contributed by atoms with van der Waals surface area (Å²) in [5.41, 5.74) is 0.117. The summed E-state index contributed by atoms with van der Waals surface area (Å²) in [6.45, 7) is 2.03. The molecule has 0 aromatic heterocycles. The van der Waals surface area contributed by atoms with Gasteiger partial charge in [0.05, 0.1) is 5.56 Å². The maximum Gasteiger partial charge on any atom is 0.416 e. The second-order valence-corrected chi connectivity index (χ2v) is 5.60. The van der Waals surface area contributed by atoms with Crippen LogP contribution in [0.15, 0.2) is 24.3 Å². The van der Waals surface area contributed by atoms with Gasteiger partial charge < -0.3 is 0 Å². The predicted octanol–water partition coefficient (Wildman–Crippen LogP) is 4.96. The molecular formula is C12H14ClF3S. The topological polar surface area (TPSA) is 0 Å². The van der Waals surface area contributed by atoms with Crippen LogP contribution in [0.1, 0.15) is 24.5 Å². The molecule has 0 radical (unpaired) electrons. The Bertz CT molecular complexity index is 352. The highest BCUT2D eigenvalue weighted by atomic mass is 35.5. The molecule has 0 heterocycles. The first kappa shape index (κ1) is 14.7. The molecule has 0 fully saturated rings. The van der Waals surface area contributed by atoms with Crippen molar-refractivity contribution in [2.45, 2.75) is 30.5 Å². The Morgan fingerprint density at radius 3 is 2.65 bits per heavy atom. The lowest BCUT2D eigenvalue weighted by molar-refractivity contribution is -0.137. The Balaban J connectivity index is 2.60. The summed E-state index contributed by atoms with van der Waals surface area (Å²) >= 11 is 7.22. The van der Waals surface area contributed by atoms with E-state index in [0.29, 0.717) is 22.4 Å². The van der Waals surface area contributed by atoms with Crippen LogP contribution >= 0.6 is 23.4 Å². The van der Waals surface area contributed by atoms with Gasteiger partial charge in [-0.2, -0.15) is 24.9 Å². The van der Waals surface area contributed by atoms with Gasteiger partial charge in [0, 0.05) is 16.9 Å². The van der Waals surface area contributed by atoms with Gasteiger partial charge >= 0.3 is 6.18 Å². The molecular weight excluding hydrogens is 269 g/mol. The zero-order valence-corrected chi connectivity index (χ0v) is 11.0. The van der Waals surface area contributed by atoms with Crippen LogP contribution in [0.4, 0.5) is 13.2 Å². The highest BCUT2D eigenvalue weighted by Gasteiger charge is 2.30. The first-order chi connectivity index (χ1) is 7.93. The third-order valence-electron chi connectivity index (χ3n) is 2.30. The number of rotatable bonds is 5. The zero-order chi connectivity index (χ0) is 12.9. The summed E-state index contributed by atoms with van der Waals surface area (Å²) in [6, 6.07) is 5.47. The van der Waals surface area contributed by atoms with Crippen molar-refractivity contribution in [1.82, 2.24) is 0 Å². The summed E-state index contributed by atoms with van der Waals surface area (Å²) in [5.74, 6) is 1.17. The summed E-state index contributed by atoms with van der Waals surface area (Å²) in [6.07, 6.45) is -3.40. The minimum atomic E-state index is -4.26. The molecule has 0 bridgehead atoms. The quantitative estimate of drug-likeness (QED) is 0.688. The molecule has 0 saturated carbocycles. The normalized spacial score (nSPS) is 13.7. The van der Waals surface area contributed by atoms with Crippen molar-refractivity contribution in [3.05, 3.63) is 35.4 Å². The van der Waals surface area contributed by atoms with Gasteiger partial charge in [-0.05, 0) is 18.1 Å². The lowest BCUT2D eigenvalue weighted by atomic mass is 10.1. The van der Waals surface area contributed by atoms with Gasteiger partial charge in [-0.15, -0.1) is 11.6 Å². The molecule has 1 aromatic rings. The van der Waals surface area contributed by atoms with Crippen molar-refractivity contribution >= 4 is 23.4 Å². The van der Waals surface area contributed by atoms with E-state index in [2.05, 4.69) is 0 Å². The Morgan fingerprint density at radius 1 is 1.35 bits per heavy atom. The minimum Gasteiger partial charge on any atom is -0.166 e. The Labute approximate surface area is 109 Å². The molecule has 0 aliphatic heterocycles. The minimum absolute atomic E-state index is 0.363. The van der Waals surface area contributed by atoms with Crippen LogP contribution in [0.2, 0.25) is 0 Å². The number of benzene rings is 1. The van der Waals surface area contributed by atoms with Crippen LogP contribution in [0.25, 0.3) is 0 Å². The third-order valence-corrected chi connectivity index (χ3v) is 3.83. The smallest absolute Gasteiger partial charge is 0.166 e. The molecule has 0 spiro atoms. The van der Waals surface area contributed by atoms with E-state index in [9.17, 15) is 13.2 Å². The molecule has 1 rings (SSSR count). The lowest BCUT2D eigenvalue weighted by Gasteiger charge is -2.11. The number of hydrogen-bond acceptors (Lipinski definition) is 1. The molecule has 1 unspecified atom stereocenters. The molecule has 0 aliphatic rings. The van der Waals surface area contributed by atoms with Crippen molar-refractivity contribution in [2.24, 2.45) is 0 Å². The van der Waals surface area contributed by atoms with Crippen molar-refractivity contribution in [3.8, 4) is 0 Å². The van der Waals surface area contributed by atoms with Gasteiger partial charge in [-0.25, -0.2) is 0 Å². The predicted molar refractivity (Wildman–Crippen MR) is 67.5 cm³/mol. The van der Waals surface area contributed by atoms with Crippen LogP contribution < -0.4 is 0 Å². The van der Waals surface area contributed by atoms with Gasteiger partial charge in [0.25, 0.3) is 0 Å². The number of alkyl halides is 4. The van der Waals surface area contributed by atoms with E-state index in [1.54, 1.807) is 17.8 Å². The summed E-state index contributed by atoms with van der Waals surface area (Å²) < 4.78 is 37.4. The fourth-order valence-electron chi connectivity index (χ4n) is 1.31. The van der Waals surface area contributed by atoms with E-state index in [4.69, 9.17) is 11.6 Å². The lowest BCUT2D eigenvalue weighted by Crippen LogP contribution is -2.05. The standard InChI is InChI=1S/C12H14ClF3S/c1-9(5-6-13)17-8-10-3-2-4-11(7-10)12(14,15)16/h2-4,7,9H,5-6,8H2,1H3. The molecule has 0 amide bonds.